The highest BCUT2D eigenvalue weighted by Gasteiger charge is 2.09. The van der Waals surface area contributed by atoms with Crippen molar-refractivity contribution in [2.45, 2.75) is 6.92 Å². The molecular formula is C20H17ClN2O2. The molecule has 0 saturated carbocycles. The minimum absolute atomic E-state index is 0.204. The van der Waals surface area contributed by atoms with Crippen molar-refractivity contribution in [3.05, 3.63) is 76.9 Å². The number of aromatic nitrogens is 1. The maximum absolute atomic E-state index is 12.4. The minimum atomic E-state index is -0.204. The van der Waals surface area contributed by atoms with Crippen molar-refractivity contribution in [2.75, 3.05) is 12.4 Å². The zero-order valence-corrected chi connectivity index (χ0v) is 14.7. The Labute approximate surface area is 151 Å². The number of nitrogens with zero attached hydrogens (tertiary/aromatic N) is 1. The number of aryl methyl sites for hydroxylation is 1. The zero-order valence-electron chi connectivity index (χ0n) is 13.9. The summed E-state index contributed by atoms with van der Waals surface area (Å²) in [6.45, 7) is 2.02. The van der Waals surface area contributed by atoms with E-state index in [0.29, 0.717) is 22.0 Å². The van der Waals surface area contributed by atoms with E-state index >= 15 is 0 Å². The van der Waals surface area contributed by atoms with E-state index in [2.05, 4.69) is 10.3 Å². The number of hydrogen-bond donors (Lipinski definition) is 1. The van der Waals surface area contributed by atoms with Gasteiger partial charge in [-0.25, -0.2) is 0 Å². The van der Waals surface area contributed by atoms with Crippen molar-refractivity contribution in [3.63, 3.8) is 0 Å². The number of pyridine rings is 1. The summed E-state index contributed by atoms with van der Waals surface area (Å²) >= 11 is 6.08. The van der Waals surface area contributed by atoms with Crippen molar-refractivity contribution in [1.82, 2.24) is 4.98 Å². The Kier molecular flexibility index (Phi) is 5.00. The lowest BCUT2D eigenvalue weighted by molar-refractivity contribution is 0.102. The van der Waals surface area contributed by atoms with Gasteiger partial charge in [-0.2, -0.15) is 0 Å². The maximum Gasteiger partial charge on any atom is 0.255 e. The maximum atomic E-state index is 12.4. The number of amides is 1. The van der Waals surface area contributed by atoms with Crippen LogP contribution in [-0.2, 0) is 0 Å². The number of halogens is 1. The Hall–Kier alpha value is -2.85. The van der Waals surface area contributed by atoms with Gasteiger partial charge in [0.2, 0.25) is 0 Å². The SMILES string of the molecule is COc1ccc(NC(=O)c2ccc(-c3cc(C)ccn3)cc2)cc1Cl. The van der Waals surface area contributed by atoms with E-state index in [9.17, 15) is 4.79 Å². The highest BCUT2D eigenvalue weighted by atomic mass is 35.5. The van der Waals surface area contributed by atoms with Gasteiger partial charge in [0.15, 0.2) is 0 Å². The van der Waals surface area contributed by atoms with Crippen LogP contribution in [0.2, 0.25) is 5.02 Å². The Morgan fingerprint density at radius 2 is 1.84 bits per heavy atom. The van der Waals surface area contributed by atoms with Crippen molar-refractivity contribution in [2.24, 2.45) is 0 Å². The van der Waals surface area contributed by atoms with Gasteiger partial charge in [-0.15, -0.1) is 0 Å². The summed E-state index contributed by atoms with van der Waals surface area (Å²) in [6, 6.07) is 16.4. The average molecular weight is 353 g/mol. The van der Waals surface area contributed by atoms with Crippen LogP contribution in [0.15, 0.2) is 60.8 Å². The lowest BCUT2D eigenvalue weighted by Gasteiger charge is -2.09. The molecule has 2 aromatic carbocycles. The molecule has 0 bridgehead atoms. The molecule has 3 rings (SSSR count). The fourth-order valence-corrected chi connectivity index (χ4v) is 2.69. The topological polar surface area (TPSA) is 51.2 Å². The van der Waals surface area contributed by atoms with Gasteiger partial charge in [0.25, 0.3) is 5.91 Å². The summed E-state index contributed by atoms with van der Waals surface area (Å²) in [4.78, 5) is 16.7. The molecule has 1 N–H and O–H groups in total. The molecule has 0 aliphatic carbocycles. The normalized spacial score (nSPS) is 10.4. The summed E-state index contributed by atoms with van der Waals surface area (Å²) in [5.41, 5.74) is 4.16. The highest BCUT2D eigenvalue weighted by Crippen LogP contribution is 2.27. The third kappa shape index (κ3) is 3.98. The third-order valence-electron chi connectivity index (χ3n) is 3.77. The van der Waals surface area contributed by atoms with E-state index < -0.39 is 0 Å². The molecule has 3 aromatic rings. The van der Waals surface area contributed by atoms with Crippen LogP contribution in [0, 0.1) is 6.92 Å². The van der Waals surface area contributed by atoms with Crippen molar-refractivity contribution in [1.29, 1.82) is 0 Å². The van der Waals surface area contributed by atoms with Crippen LogP contribution in [0.1, 0.15) is 15.9 Å². The molecule has 1 aromatic heterocycles. The lowest BCUT2D eigenvalue weighted by atomic mass is 10.1. The molecule has 126 valence electrons. The van der Waals surface area contributed by atoms with Crippen LogP contribution < -0.4 is 10.1 Å². The Bertz CT molecular complexity index is 908. The first-order valence-electron chi connectivity index (χ1n) is 7.75. The number of rotatable bonds is 4. The molecule has 0 radical (unpaired) electrons. The second kappa shape index (κ2) is 7.36. The first-order chi connectivity index (χ1) is 12.1. The Morgan fingerprint density at radius 1 is 1.08 bits per heavy atom. The van der Waals surface area contributed by atoms with E-state index in [-0.39, 0.29) is 5.91 Å². The first-order valence-corrected chi connectivity index (χ1v) is 8.12. The van der Waals surface area contributed by atoms with E-state index in [0.717, 1.165) is 16.8 Å². The standard InChI is InChI=1S/C20H17ClN2O2/c1-13-9-10-22-18(11-13)14-3-5-15(6-4-14)20(24)23-16-7-8-19(25-2)17(21)12-16/h3-12H,1-2H3,(H,23,24). The van der Waals surface area contributed by atoms with Gasteiger partial charge in [-0.05, 0) is 55.0 Å². The molecule has 1 amide bonds. The van der Waals surface area contributed by atoms with Crippen molar-refractivity contribution < 1.29 is 9.53 Å². The second-order valence-electron chi connectivity index (χ2n) is 5.60. The number of anilines is 1. The minimum Gasteiger partial charge on any atom is -0.495 e. The van der Waals surface area contributed by atoms with Crippen LogP contribution in [-0.4, -0.2) is 18.0 Å². The third-order valence-corrected chi connectivity index (χ3v) is 4.06. The average Bonchev–Trinajstić information content (AvgIpc) is 2.62. The molecule has 25 heavy (non-hydrogen) atoms. The fourth-order valence-electron chi connectivity index (χ4n) is 2.43. The molecule has 0 aliphatic heterocycles. The molecule has 0 fully saturated rings. The number of ether oxygens (including phenoxy) is 1. The summed E-state index contributed by atoms with van der Waals surface area (Å²) in [7, 11) is 1.55. The molecule has 5 heteroatoms. The summed E-state index contributed by atoms with van der Waals surface area (Å²) in [5, 5.41) is 3.27. The van der Waals surface area contributed by atoms with Crippen LogP contribution >= 0.6 is 11.6 Å². The molecule has 4 nitrogen and oxygen atoms in total. The molecule has 0 spiro atoms. The number of methoxy groups -OCH3 is 1. The Morgan fingerprint density at radius 3 is 2.48 bits per heavy atom. The van der Waals surface area contributed by atoms with E-state index in [4.69, 9.17) is 16.3 Å². The summed E-state index contributed by atoms with van der Waals surface area (Å²) < 4.78 is 5.10. The number of benzene rings is 2. The quantitative estimate of drug-likeness (QED) is 0.721. The highest BCUT2D eigenvalue weighted by molar-refractivity contribution is 6.32. The molecule has 1 heterocycles. The number of nitrogens with one attached hydrogen (secondary N) is 1. The van der Waals surface area contributed by atoms with Crippen LogP contribution in [0.5, 0.6) is 5.75 Å². The van der Waals surface area contributed by atoms with E-state index in [1.165, 1.54) is 0 Å². The molecule has 0 aliphatic rings. The second-order valence-corrected chi connectivity index (χ2v) is 6.01. The molecular weight excluding hydrogens is 336 g/mol. The van der Waals surface area contributed by atoms with Gasteiger partial charge in [0.05, 0.1) is 17.8 Å². The Balaban J connectivity index is 1.76. The van der Waals surface area contributed by atoms with Crippen LogP contribution in [0.4, 0.5) is 5.69 Å². The van der Waals surface area contributed by atoms with E-state index in [1.807, 2.05) is 31.2 Å². The predicted octanol–water partition coefficient (Wildman–Crippen LogP) is 4.97. The van der Waals surface area contributed by atoms with Gasteiger partial charge in [-0.1, -0.05) is 23.7 Å². The molecule has 0 unspecified atom stereocenters. The predicted molar refractivity (Wildman–Crippen MR) is 100 cm³/mol. The number of carbonyl (C=O) groups is 1. The fraction of sp³-hybridized carbons (Fsp3) is 0.100. The van der Waals surface area contributed by atoms with Gasteiger partial charge in [0.1, 0.15) is 5.75 Å². The largest absolute Gasteiger partial charge is 0.495 e. The molecule has 0 saturated heterocycles. The first kappa shape index (κ1) is 17.0. The smallest absolute Gasteiger partial charge is 0.255 e. The van der Waals surface area contributed by atoms with Crippen LogP contribution in [0.3, 0.4) is 0 Å². The van der Waals surface area contributed by atoms with Gasteiger partial charge in [0, 0.05) is 23.0 Å². The molecule has 0 atom stereocenters. The van der Waals surface area contributed by atoms with Gasteiger partial charge >= 0.3 is 0 Å². The number of hydrogen-bond acceptors (Lipinski definition) is 3. The summed E-state index contributed by atoms with van der Waals surface area (Å²) in [5.74, 6) is 0.361. The van der Waals surface area contributed by atoms with Crippen molar-refractivity contribution in [3.8, 4) is 17.0 Å². The lowest BCUT2D eigenvalue weighted by Crippen LogP contribution is -2.11. The van der Waals surface area contributed by atoms with Gasteiger partial charge < -0.3 is 10.1 Å². The monoisotopic (exact) mass is 352 g/mol. The summed E-state index contributed by atoms with van der Waals surface area (Å²) in [6.07, 6.45) is 1.78. The number of carbonyl (C=O) groups excluding carboxylic acids is 1. The van der Waals surface area contributed by atoms with Crippen LogP contribution in [0.25, 0.3) is 11.3 Å². The zero-order chi connectivity index (χ0) is 17.8. The van der Waals surface area contributed by atoms with Gasteiger partial charge in [-0.3, -0.25) is 9.78 Å². The van der Waals surface area contributed by atoms with Crippen molar-refractivity contribution >= 4 is 23.2 Å². The van der Waals surface area contributed by atoms with E-state index in [1.54, 1.807) is 43.6 Å².